The van der Waals surface area contributed by atoms with E-state index >= 15 is 0 Å². The molecular formula is C11H9F5INO2. The number of halogens is 6. The standard InChI is InChI=1S/C11H9F5INO2/c1-2-20-8(19)4-7-6(11(14,15)16)3-5(9(12)13)10(17)18-7/h3,9H,2,4H2,1H3. The molecule has 0 aromatic carbocycles. The van der Waals surface area contributed by atoms with E-state index in [9.17, 15) is 26.7 Å². The fourth-order valence-electron chi connectivity index (χ4n) is 1.42. The number of aromatic nitrogens is 1. The molecule has 3 nitrogen and oxygen atoms in total. The average Bonchev–Trinajstić information content (AvgIpc) is 2.26. The van der Waals surface area contributed by atoms with E-state index in [-0.39, 0.29) is 10.3 Å². The summed E-state index contributed by atoms with van der Waals surface area (Å²) in [5.74, 6) is -0.897. The average molecular weight is 409 g/mol. The van der Waals surface area contributed by atoms with Crippen LogP contribution in [0.15, 0.2) is 6.07 Å². The van der Waals surface area contributed by atoms with Crippen molar-refractivity contribution < 1.29 is 31.5 Å². The van der Waals surface area contributed by atoms with E-state index in [0.29, 0.717) is 6.07 Å². The molecule has 1 rings (SSSR count). The van der Waals surface area contributed by atoms with E-state index in [4.69, 9.17) is 0 Å². The van der Waals surface area contributed by atoms with E-state index in [1.165, 1.54) is 29.5 Å². The SMILES string of the molecule is CCOC(=O)Cc1nc(I)c(C(F)F)cc1C(F)(F)F. The summed E-state index contributed by atoms with van der Waals surface area (Å²) in [6, 6.07) is 0.327. The first kappa shape index (κ1) is 17.1. The number of ether oxygens (including phenoxy) is 1. The molecule has 1 heterocycles. The molecule has 1 aromatic rings. The first-order valence-electron chi connectivity index (χ1n) is 5.37. The van der Waals surface area contributed by atoms with Crippen molar-refractivity contribution in [3.63, 3.8) is 0 Å². The molecule has 0 fully saturated rings. The van der Waals surface area contributed by atoms with E-state index in [1.54, 1.807) is 0 Å². The summed E-state index contributed by atoms with van der Waals surface area (Å²) in [7, 11) is 0. The Bertz CT molecular complexity index is 504. The molecule has 0 bridgehead atoms. The van der Waals surface area contributed by atoms with Crippen LogP contribution >= 0.6 is 22.6 Å². The zero-order chi connectivity index (χ0) is 15.5. The summed E-state index contributed by atoms with van der Waals surface area (Å²) in [6.07, 6.45) is -8.67. The Labute approximate surface area is 124 Å². The number of hydrogen-bond acceptors (Lipinski definition) is 3. The largest absolute Gasteiger partial charge is 0.466 e. The van der Waals surface area contributed by atoms with Crippen LogP contribution in [0.25, 0.3) is 0 Å². The molecule has 9 heteroatoms. The fraction of sp³-hybridized carbons (Fsp3) is 0.455. The van der Waals surface area contributed by atoms with Crippen molar-refractivity contribution in [1.29, 1.82) is 0 Å². The highest BCUT2D eigenvalue weighted by Gasteiger charge is 2.36. The molecule has 0 aliphatic carbocycles. The lowest BCUT2D eigenvalue weighted by molar-refractivity contribution is -0.143. The molecule has 0 aliphatic heterocycles. The quantitative estimate of drug-likeness (QED) is 0.329. The smallest absolute Gasteiger partial charge is 0.418 e. The van der Waals surface area contributed by atoms with Crippen LogP contribution in [0.1, 0.15) is 30.2 Å². The molecular weight excluding hydrogens is 400 g/mol. The molecule has 0 saturated carbocycles. The van der Waals surface area contributed by atoms with E-state index in [0.717, 1.165) is 0 Å². The molecule has 112 valence electrons. The zero-order valence-corrected chi connectivity index (χ0v) is 12.3. The molecule has 0 radical (unpaired) electrons. The number of alkyl halides is 5. The van der Waals surface area contributed by atoms with Gasteiger partial charge in [0, 0.05) is 0 Å². The first-order chi connectivity index (χ1) is 9.16. The third-order valence-electron chi connectivity index (χ3n) is 2.24. The van der Waals surface area contributed by atoms with Crippen LogP contribution < -0.4 is 0 Å². The van der Waals surface area contributed by atoms with E-state index in [2.05, 4.69) is 9.72 Å². The second kappa shape index (κ2) is 6.64. The van der Waals surface area contributed by atoms with Crippen LogP contribution in [-0.4, -0.2) is 17.6 Å². The maximum Gasteiger partial charge on any atom is 0.418 e. The van der Waals surface area contributed by atoms with Crippen molar-refractivity contribution in [3.8, 4) is 0 Å². The van der Waals surface area contributed by atoms with Gasteiger partial charge in [-0.1, -0.05) is 0 Å². The minimum atomic E-state index is -4.87. The van der Waals surface area contributed by atoms with Crippen LogP contribution in [-0.2, 0) is 22.1 Å². The third-order valence-corrected chi connectivity index (χ3v) is 3.10. The van der Waals surface area contributed by atoms with Crippen molar-refractivity contribution in [2.45, 2.75) is 25.9 Å². The number of nitrogens with zero attached hydrogens (tertiary/aromatic N) is 1. The van der Waals surface area contributed by atoms with Crippen LogP contribution in [0, 0.1) is 3.70 Å². The predicted octanol–water partition coefficient (Wildman–Crippen LogP) is 3.75. The minimum absolute atomic E-state index is 0.00634. The van der Waals surface area contributed by atoms with Crippen LogP contribution in [0.2, 0.25) is 0 Å². The van der Waals surface area contributed by atoms with Crippen molar-refractivity contribution in [2.24, 2.45) is 0 Å². The van der Waals surface area contributed by atoms with Gasteiger partial charge in [-0.15, -0.1) is 0 Å². The van der Waals surface area contributed by atoms with E-state index in [1.807, 2.05) is 0 Å². The van der Waals surface area contributed by atoms with Gasteiger partial charge in [0.1, 0.15) is 3.70 Å². The molecule has 0 aliphatic rings. The lowest BCUT2D eigenvalue weighted by Crippen LogP contribution is -2.17. The highest BCUT2D eigenvalue weighted by Crippen LogP contribution is 2.35. The second-order valence-electron chi connectivity index (χ2n) is 3.64. The van der Waals surface area contributed by atoms with Gasteiger partial charge in [-0.25, -0.2) is 13.8 Å². The van der Waals surface area contributed by atoms with Crippen LogP contribution in [0.4, 0.5) is 22.0 Å². The molecule has 1 aromatic heterocycles. The lowest BCUT2D eigenvalue weighted by Gasteiger charge is -2.14. The van der Waals surface area contributed by atoms with Gasteiger partial charge in [-0.2, -0.15) is 13.2 Å². The van der Waals surface area contributed by atoms with Gasteiger partial charge in [-0.05, 0) is 35.6 Å². The third kappa shape index (κ3) is 4.25. The Morgan fingerprint density at radius 2 is 2.05 bits per heavy atom. The van der Waals surface area contributed by atoms with Gasteiger partial charge in [0.05, 0.1) is 29.8 Å². The van der Waals surface area contributed by atoms with E-state index < -0.39 is 41.8 Å². The number of carbonyl (C=O) groups excluding carboxylic acids is 1. The summed E-state index contributed by atoms with van der Waals surface area (Å²) in [4.78, 5) is 14.7. The van der Waals surface area contributed by atoms with Gasteiger partial charge in [0.25, 0.3) is 6.43 Å². The van der Waals surface area contributed by atoms with Gasteiger partial charge >= 0.3 is 12.1 Å². The maximum atomic E-state index is 12.8. The summed E-state index contributed by atoms with van der Waals surface area (Å²) in [6.45, 7) is 1.51. The van der Waals surface area contributed by atoms with Crippen molar-refractivity contribution in [3.05, 3.63) is 26.6 Å². The fourth-order valence-corrected chi connectivity index (χ4v) is 2.11. The summed E-state index contributed by atoms with van der Waals surface area (Å²) < 4.78 is 67.9. The highest BCUT2D eigenvalue weighted by atomic mass is 127. The van der Waals surface area contributed by atoms with Crippen LogP contribution in [0.5, 0.6) is 0 Å². The highest BCUT2D eigenvalue weighted by molar-refractivity contribution is 14.1. The molecule has 0 N–H and O–H groups in total. The Morgan fingerprint density at radius 1 is 1.45 bits per heavy atom. The monoisotopic (exact) mass is 409 g/mol. The minimum Gasteiger partial charge on any atom is -0.466 e. The number of esters is 1. The Balaban J connectivity index is 3.28. The summed E-state index contributed by atoms with van der Waals surface area (Å²) >= 11 is 1.40. The van der Waals surface area contributed by atoms with Gasteiger partial charge in [0.2, 0.25) is 0 Å². The number of rotatable bonds is 4. The van der Waals surface area contributed by atoms with Gasteiger partial charge < -0.3 is 4.74 Å². The van der Waals surface area contributed by atoms with Crippen molar-refractivity contribution in [2.75, 3.05) is 6.61 Å². The predicted molar refractivity (Wildman–Crippen MR) is 67.2 cm³/mol. The topological polar surface area (TPSA) is 39.2 Å². The lowest BCUT2D eigenvalue weighted by atomic mass is 10.1. The molecule has 0 unspecified atom stereocenters. The Hall–Kier alpha value is -1.00. The second-order valence-corrected chi connectivity index (χ2v) is 4.66. The number of pyridine rings is 1. The summed E-state index contributed by atoms with van der Waals surface area (Å²) in [5.41, 5.74) is -2.78. The van der Waals surface area contributed by atoms with Gasteiger partial charge in [0.15, 0.2) is 0 Å². The molecule has 0 atom stereocenters. The first-order valence-corrected chi connectivity index (χ1v) is 6.45. The maximum absolute atomic E-state index is 12.8. The molecule has 0 saturated heterocycles. The number of hydrogen-bond donors (Lipinski definition) is 0. The van der Waals surface area contributed by atoms with Crippen molar-refractivity contribution in [1.82, 2.24) is 4.98 Å². The zero-order valence-electron chi connectivity index (χ0n) is 10.1. The molecule has 0 spiro atoms. The molecule has 20 heavy (non-hydrogen) atoms. The van der Waals surface area contributed by atoms with Crippen LogP contribution in [0.3, 0.4) is 0 Å². The van der Waals surface area contributed by atoms with Crippen molar-refractivity contribution >= 4 is 28.6 Å². The van der Waals surface area contributed by atoms with Gasteiger partial charge in [-0.3, -0.25) is 4.79 Å². The number of carbonyl (C=O) groups is 1. The normalized spacial score (nSPS) is 11.8. The Morgan fingerprint density at radius 3 is 2.50 bits per heavy atom. The Kier molecular flexibility index (Phi) is 5.66. The summed E-state index contributed by atoms with van der Waals surface area (Å²) in [5, 5.41) is 0. The molecule has 0 amide bonds.